The molecule has 0 bridgehead atoms. The van der Waals surface area contributed by atoms with Gasteiger partial charge in [0.1, 0.15) is 5.54 Å². The summed E-state index contributed by atoms with van der Waals surface area (Å²) in [5.41, 5.74) is 0.318. The summed E-state index contributed by atoms with van der Waals surface area (Å²) in [6, 6.07) is 1.62. The molecule has 124 valence electrons. The molecular weight excluding hydrogens is 314 g/mol. The number of hydrogen-bond acceptors (Lipinski definition) is 4. The summed E-state index contributed by atoms with van der Waals surface area (Å²) in [6.45, 7) is 2.69. The fraction of sp³-hybridized carbons (Fsp3) is 0.562. The molecule has 1 spiro atoms. The van der Waals surface area contributed by atoms with Gasteiger partial charge in [-0.15, -0.1) is 11.3 Å². The summed E-state index contributed by atoms with van der Waals surface area (Å²) >= 11 is 1.41. The molecule has 7 heteroatoms. The highest BCUT2D eigenvalue weighted by Gasteiger charge is 2.51. The summed E-state index contributed by atoms with van der Waals surface area (Å²) in [5, 5.41) is 7.59. The van der Waals surface area contributed by atoms with Crippen molar-refractivity contribution in [3.05, 3.63) is 21.9 Å². The Morgan fingerprint density at radius 1 is 1.39 bits per heavy atom. The molecule has 0 atom stereocenters. The van der Waals surface area contributed by atoms with Crippen molar-refractivity contribution in [3.8, 4) is 0 Å². The van der Waals surface area contributed by atoms with Crippen molar-refractivity contribution in [3.63, 3.8) is 0 Å². The van der Waals surface area contributed by atoms with E-state index in [0.717, 1.165) is 31.2 Å². The van der Waals surface area contributed by atoms with E-state index in [4.69, 9.17) is 0 Å². The standard InChI is InChI=1S/C16H21N3O3S/c1-11-5-10-23-12(11)13(20)17-8-4-9-19-14(21)16(18-15(19)22)6-2-3-7-16/h5,10H,2-4,6-9H2,1H3,(H,17,20)(H,18,22). The molecule has 1 aliphatic carbocycles. The molecule has 23 heavy (non-hydrogen) atoms. The molecule has 3 rings (SSSR count). The lowest BCUT2D eigenvalue weighted by Gasteiger charge is -2.20. The number of nitrogens with one attached hydrogen (secondary N) is 2. The molecule has 0 unspecified atom stereocenters. The molecule has 2 N–H and O–H groups in total. The van der Waals surface area contributed by atoms with Crippen molar-refractivity contribution < 1.29 is 14.4 Å². The maximum atomic E-state index is 12.5. The third-order valence-electron chi connectivity index (χ3n) is 4.62. The molecule has 1 aliphatic heterocycles. The number of urea groups is 1. The van der Waals surface area contributed by atoms with E-state index >= 15 is 0 Å². The van der Waals surface area contributed by atoms with E-state index in [1.165, 1.54) is 16.2 Å². The van der Waals surface area contributed by atoms with E-state index in [-0.39, 0.29) is 17.8 Å². The van der Waals surface area contributed by atoms with Gasteiger partial charge in [0.2, 0.25) is 0 Å². The first-order chi connectivity index (χ1) is 11.0. The number of carbonyl (C=O) groups excluding carboxylic acids is 3. The Labute approximate surface area is 139 Å². The predicted octanol–water partition coefficient (Wildman–Crippen LogP) is 2.04. The van der Waals surface area contributed by atoms with Gasteiger partial charge >= 0.3 is 6.03 Å². The van der Waals surface area contributed by atoms with Crippen LogP contribution in [0.25, 0.3) is 0 Å². The average molecular weight is 335 g/mol. The molecule has 1 aromatic heterocycles. The van der Waals surface area contributed by atoms with Crippen LogP contribution in [0.5, 0.6) is 0 Å². The van der Waals surface area contributed by atoms with Crippen LogP contribution in [-0.2, 0) is 4.79 Å². The number of carbonyl (C=O) groups is 3. The van der Waals surface area contributed by atoms with Gasteiger partial charge in [-0.05, 0) is 43.2 Å². The molecule has 1 aromatic rings. The van der Waals surface area contributed by atoms with Crippen molar-refractivity contribution >= 4 is 29.2 Å². The normalized spacial score (nSPS) is 19.4. The fourth-order valence-electron chi connectivity index (χ4n) is 3.32. The highest BCUT2D eigenvalue weighted by Crippen LogP contribution is 2.34. The molecule has 2 fully saturated rings. The van der Waals surface area contributed by atoms with Gasteiger partial charge in [-0.1, -0.05) is 12.8 Å². The zero-order valence-electron chi connectivity index (χ0n) is 13.2. The second-order valence-electron chi connectivity index (χ2n) is 6.22. The lowest BCUT2D eigenvalue weighted by Crippen LogP contribution is -2.44. The third-order valence-corrected chi connectivity index (χ3v) is 5.63. The number of rotatable bonds is 5. The average Bonchev–Trinajstić information content (AvgIpc) is 3.20. The van der Waals surface area contributed by atoms with Crippen LogP contribution in [-0.4, -0.2) is 41.4 Å². The van der Waals surface area contributed by atoms with Crippen molar-refractivity contribution in [1.29, 1.82) is 0 Å². The van der Waals surface area contributed by atoms with Gasteiger partial charge in [0.25, 0.3) is 11.8 Å². The highest BCUT2D eigenvalue weighted by atomic mass is 32.1. The van der Waals surface area contributed by atoms with Gasteiger partial charge in [-0.3, -0.25) is 14.5 Å². The SMILES string of the molecule is Cc1ccsc1C(=O)NCCCN1C(=O)NC2(CCCC2)C1=O. The zero-order valence-corrected chi connectivity index (χ0v) is 14.0. The molecule has 6 nitrogen and oxygen atoms in total. The molecule has 4 amide bonds. The van der Waals surface area contributed by atoms with E-state index in [2.05, 4.69) is 10.6 Å². The van der Waals surface area contributed by atoms with E-state index in [0.29, 0.717) is 24.4 Å². The Balaban J connectivity index is 1.47. The first-order valence-electron chi connectivity index (χ1n) is 8.00. The predicted molar refractivity (Wildman–Crippen MR) is 87.4 cm³/mol. The lowest BCUT2D eigenvalue weighted by molar-refractivity contribution is -0.131. The number of thiophene rings is 1. The number of hydrogen-bond donors (Lipinski definition) is 2. The third kappa shape index (κ3) is 2.97. The van der Waals surface area contributed by atoms with Gasteiger partial charge in [0.05, 0.1) is 4.88 Å². The maximum absolute atomic E-state index is 12.5. The van der Waals surface area contributed by atoms with Crippen molar-refractivity contribution in [2.24, 2.45) is 0 Å². The number of amides is 4. The van der Waals surface area contributed by atoms with Gasteiger partial charge in [0.15, 0.2) is 0 Å². The first-order valence-corrected chi connectivity index (χ1v) is 8.88. The van der Waals surface area contributed by atoms with E-state index < -0.39 is 5.54 Å². The number of imide groups is 1. The Morgan fingerprint density at radius 2 is 2.13 bits per heavy atom. The van der Waals surface area contributed by atoms with Gasteiger partial charge in [-0.2, -0.15) is 0 Å². The Bertz CT molecular complexity index is 634. The summed E-state index contributed by atoms with van der Waals surface area (Å²) in [6.07, 6.45) is 4.00. The molecule has 0 radical (unpaired) electrons. The summed E-state index contributed by atoms with van der Waals surface area (Å²) in [7, 11) is 0. The lowest BCUT2D eigenvalue weighted by atomic mass is 9.98. The largest absolute Gasteiger partial charge is 0.351 e. The minimum atomic E-state index is -0.644. The molecule has 2 heterocycles. The molecule has 0 aromatic carbocycles. The maximum Gasteiger partial charge on any atom is 0.325 e. The summed E-state index contributed by atoms with van der Waals surface area (Å²) < 4.78 is 0. The van der Waals surface area contributed by atoms with Crippen LogP contribution >= 0.6 is 11.3 Å². The fourth-order valence-corrected chi connectivity index (χ4v) is 4.16. The second-order valence-corrected chi connectivity index (χ2v) is 7.13. The molecular formula is C16H21N3O3S. The molecule has 1 saturated carbocycles. The topological polar surface area (TPSA) is 78.5 Å². The van der Waals surface area contributed by atoms with Crippen LogP contribution in [0, 0.1) is 6.92 Å². The quantitative estimate of drug-likeness (QED) is 0.638. The number of nitrogens with zero attached hydrogens (tertiary/aromatic N) is 1. The van der Waals surface area contributed by atoms with Crippen LogP contribution in [0.4, 0.5) is 4.79 Å². The van der Waals surface area contributed by atoms with E-state index in [1.807, 2.05) is 18.4 Å². The number of aryl methyl sites for hydroxylation is 1. The minimum absolute atomic E-state index is 0.0954. The minimum Gasteiger partial charge on any atom is -0.351 e. The van der Waals surface area contributed by atoms with Gasteiger partial charge in [0, 0.05) is 13.1 Å². The zero-order chi connectivity index (χ0) is 16.4. The Morgan fingerprint density at radius 3 is 2.78 bits per heavy atom. The van der Waals surface area contributed by atoms with Crippen molar-refractivity contribution in [2.75, 3.05) is 13.1 Å². The molecule has 2 aliphatic rings. The van der Waals surface area contributed by atoms with Gasteiger partial charge < -0.3 is 10.6 Å². The Hall–Kier alpha value is -1.89. The monoisotopic (exact) mass is 335 g/mol. The first kappa shape index (κ1) is 16.0. The van der Waals surface area contributed by atoms with Crippen molar-refractivity contribution in [1.82, 2.24) is 15.5 Å². The smallest absolute Gasteiger partial charge is 0.325 e. The van der Waals surface area contributed by atoms with Crippen LogP contribution < -0.4 is 10.6 Å². The molecule has 1 saturated heterocycles. The van der Waals surface area contributed by atoms with Crippen LogP contribution in [0.15, 0.2) is 11.4 Å². The van der Waals surface area contributed by atoms with Crippen LogP contribution in [0.1, 0.15) is 47.3 Å². The summed E-state index contributed by atoms with van der Waals surface area (Å²) in [4.78, 5) is 38.5. The van der Waals surface area contributed by atoms with Crippen molar-refractivity contribution in [2.45, 2.75) is 44.6 Å². The highest BCUT2D eigenvalue weighted by molar-refractivity contribution is 7.12. The van der Waals surface area contributed by atoms with Gasteiger partial charge in [-0.25, -0.2) is 4.79 Å². The Kier molecular flexibility index (Phi) is 4.39. The second kappa shape index (κ2) is 6.31. The van der Waals surface area contributed by atoms with Crippen LogP contribution in [0.2, 0.25) is 0 Å². The van der Waals surface area contributed by atoms with Crippen LogP contribution in [0.3, 0.4) is 0 Å². The van der Waals surface area contributed by atoms with E-state index in [1.54, 1.807) is 0 Å². The van der Waals surface area contributed by atoms with E-state index in [9.17, 15) is 14.4 Å². The summed E-state index contributed by atoms with van der Waals surface area (Å²) in [5.74, 6) is -0.192.